The van der Waals surface area contributed by atoms with Gasteiger partial charge >= 0.3 is 11.9 Å². The molecule has 0 amide bonds. The highest BCUT2D eigenvalue weighted by molar-refractivity contribution is 5.87. The van der Waals surface area contributed by atoms with E-state index in [0.717, 1.165) is 13.0 Å². The summed E-state index contributed by atoms with van der Waals surface area (Å²) < 4.78 is 14.7. The van der Waals surface area contributed by atoms with Crippen LogP contribution in [0.4, 0.5) is 0 Å². The summed E-state index contributed by atoms with van der Waals surface area (Å²) in [4.78, 5) is 21.4. The minimum Gasteiger partial charge on any atom is -0.478 e. The topological polar surface area (TPSA) is 88.7 Å². The van der Waals surface area contributed by atoms with Crippen LogP contribution >= 0.6 is 0 Å². The fourth-order valence-electron chi connectivity index (χ4n) is 1.44. The van der Waals surface area contributed by atoms with Gasteiger partial charge in [0.15, 0.2) is 0 Å². The largest absolute Gasteiger partial charge is 0.478 e. The molecule has 2 heterocycles. The minimum absolute atomic E-state index is 0.142. The van der Waals surface area contributed by atoms with Crippen molar-refractivity contribution in [3.05, 3.63) is 23.8 Å². The third kappa shape index (κ3) is 7.95. The maximum atomic E-state index is 10.9. The molecule has 0 radical (unpaired) electrons. The van der Waals surface area contributed by atoms with E-state index in [1.165, 1.54) is 0 Å². The first-order valence-electron chi connectivity index (χ1n) is 7.48. The second kappa shape index (κ2) is 9.38. The van der Waals surface area contributed by atoms with E-state index in [-0.39, 0.29) is 18.2 Å². The summed E-state index contributed by atoms with van der Waals surface area (Å²) >= 11 is 0. The Labute approximate surface area is 130 Å². The maximum absolute atomic E-state index is 10.9. The molecule has 0 bridgehead atoms. The highest BCUT2D eigenvalue weighted by atomic mass is 16.6. The molecule has 0 aromatic rings. The van der Waals surface area contributed by atoms with Gasteiger partial charge in [0.05, 0.1) is 19.3 Å². The number of carbonyl (C=O) groups excluding carboxylic acids is 1. The van der Waals surface area contributed by atoms with Crippen molar-refractivity contribution in [2.75, 3.05) is 19.8 Å². The van der Waals surface area contributed by atoms with E-state index in [1.807, 2.05) is 13.8 Å². The van der Waals surface area contributed by atoms with Gasteiger partial charge in [-0.05, 0) is 19.3 Å². The fraction of sp³-hybridized carbons (Fsp3) is 0.625. The average molecular weight is 312 g/mol. The van der Waals surface area contributed by atoms with Crippen molar-refractivity contribution in [1.29, 1.82) is 0 Å². The molecule has 0 saturated carbocycles. The van der Waals surface area contributed by atoms with Crippen LogP contribution in [0, 0.1) is 0 Å². The van der Waals surface area contributed by atoms with E-state index in [2.05, 4.69) is 6.58 Å². The summed E-state index contributed by atoms with van der Waals surface area (Å²) in [7, 11) is 0. The molecule has 2 aliphatic rings. The van der Waals surface area contributed by atoms with Crippen LogP contribution in [-0.4, -0.2) is 49.1 Å². The van der Waals surface area contributed by atoms with Crippen molar-refractivity contribution in [2.45, 2.75) is 45.3 Å². The zero-order valence-corrected chi connectivity index (χ0v) is 13.2. The molecule has 2 unspecified atom stereocenters. The van der Waals surface area contributed by atoms with Crippen molar-refractivity contribution >= 4 is 11.9 Å². The lowest BCUT2D eigenvalue weighted by Crippen LogP contribution is -2.10. The number of carboxylic acid groups (broad SMARTS) is 1. The van der Waals surface area contributed by atoms with E-state index in [9.17, 15) is 9.59 Å². The number of carboxylic acids is 1. The monoisotopic (exact) mass is 312 g/mol. The van der Waals surface area contributed by atoms with Crippen LogP contribution < -0.4 is 0 Å². The Kier molecular flexibility index (Phi) is 7.84. The summed E-state index contributed by atoms with van der Waals surface area (Å²) in [5, 5.41) is 8.60. The predicted molar refractivity (Wildman–Crippen MR) is 80.5 cm³/mol. The lowest BCUT2D eigenvalue weighted by molar-refractivity contribution is -0.139. The Balaban J connectivity index is 0.000000220. The number of carbonyl (C=O) groups is 2. The van der Waals surface area contributed by atoms with Crippen molar-refractivity contribution < 1.29 is 28.9 Å². The molecule has 2 saturated heterocycles. The summed E-state index contributed by atoms with van der Waals surface area (Å²) in [5.41, 5.74) is 1.01. The Morgan fingerprint density at radius 1 is 1.23 bits per heavy atom. The first kappa shape index (κ1) is 18.4. The number of epoxide rings is 2. The highest BCUT2D eigenvalue weighted by Gasteiger charge is 2.24. The van der Waals surface area contributed by atoms with Gasteiger partial charge in [-0.25, -0.2) is 9.59 Å². The predicted octanol–water partition coefficient (Wildman–Crippen LogP) is 2.09. The second-order valence-corrected chi connectivity index (χ2v) is 5.09. The van der Waals surface area contributed by atoms with Crippen LogP contribution in [-0.2, 0) is 23.8 Å². The molecule has 1 N–H and O–H groups in total. The Morgan fingerprint density at radius 3 is 2.23 bits per heavy atom. The lowest BCUT2D eigenvalue weighted by atomic mass is 10.1. The molecule has 0 aliphatic carbocycles. The van der Waals surface area contributed by atoms with Crippen LogP contribution in [0.25, 0.3) is 0 Å². The third-order valence-corrected chi connectivity index (χ3v) is 3.20. The number of aliphatic carboxylic acids is 1. The Hall–Kier alpha value is -1.66. The van der Waals surface area contributed by atoms with Gasteiger partial charge in [0.2, 0.25) is 0 Å². The first-order valence-corrected chi connectivity index (χ1v) is 7.48. The van der Waals surface area contributed by atoms with Crippen LogP contribution in [0.2, 0.25) is 0 Å². The van der Waals surface area contributed by atoms with E-state index < -0.39 is 5.97 Å². The summed E-state index contributed by atoms with van der Waals surface area (Å²) in [6.45, 7) is 9.14. The van der Waals surface area contributed by atoms with Crippen molar-refractivity contribution in [1.82, 2.24) is 0 Å². The van der Waals surface area contributed by atoms with E-state index in [1.54, 1.807) is 6.08 Å². The smallest absolute Gasteiger partial charge is 0.333 e. The number of rotatable bonds is 8. The molecule has 0 aromatic heterocycles. The molecule has 2 aliphatic heterocycles. The maximum Gasteiger partial charge on any atom is 0.333 e. The standard InChI is InChI=1S/2C8H12O3/c1-3-6(2)8(9)11-5-7-4-10-7;1-2-6(8(9)10)3-4-7-5-11-7/h7H,2-5H2,1H3;3,7H,2,4-5H2,1H3,(H,9,10). The SMILES string of the molecule is C=C(CC)C(=O)OCC1CO1.CCC(=CCC1CO1)C(=O)O. The zero-order valence-electron chi connectivity index (χ0n) is 13.2. The molecule has 22 heavy (non-hydrogen) atoms. The molecular weight excluding hydrogens is 288 g/mol. The fourth-order valence-corrected chi connectivity index (χ4v) is 1.44. The van der Waals surface area contributed by atoms with Gasteiger partial charge < -0.3 is 19.3 Å². The Bertz CT molecular complexity index is 432. The van der Waals surface area contributed by atoms with Crippen molar-refractivity contribution in [3.8, 4) is 0 Å². The van der Waals surface area contributed by atoms with Crippen molar-refractivity contribution in [2.24, 2.45) is 0 Å². The summed E-state index contributed by atoms with van der Waals surface area (Å²) in [6, 6.07) is 0. The van der Waals surface area contributed by atoms with Gasteiger partial charge in [-0.3, -0.25) is 0 Å². The van der Waals surface area contributed by atoms with E-state index in [4.69, 9.17) is 19.3 Å². The number of esters is 1. The lowest BCUT2D eigenvalue weighted by Gasteiger charge is -2.01. The normalized spacial score (nSPS) is 22.2. The quantitative estimate of drug-likeness (QED) is 0.419. The van der Waals surface area contributed by atoms with E-state index in [0.29, 0.717) is 37.2 Å². The van der Waals surface area contributed by atoms with Gasteiger partial charge in [0.1, 0.15) is 12.7 Å². The molecule has 0 aromatic carbocycles. The molecule has 6 nitrogen and oxygen atoms in total. The number of hydrogen-bond donors (Lipinski definition) is 1. The summed E-state index contributed by atoms with van der Waals surface area (Å²) in [5.74, 6) is -1.11. The molecular formula is C16H24O6. The molecule has 6 heteroatoms. The third-order valence-electron chi connectivity index (χ3n) is 3.20. The van der Waals surface area contributed by atoms with Gasteiger partial charge in [-0.1, -0.05) is 26.5 Å². The average Bonchev–Trinajstić information content (AvgIpc) is 3.38. The Morgan fingerprint density at radius 2 is 1.82 bits per heavy atom. The molecule has 124 valence electrons. The minimum atomic E-state index is -0.812. The van der Waals surface area contributed by atoms with Gasteiger partial charge in [0.25, 0.3) is 0 Å². The number of ether oxygens (including phenoxy) is 3. The van der Waals surface area contributed by atoms with Crippen LogP contribution in [0.1, 0.15) is 33.1 Å². The zero-order chi connectivity index (χ0) is 16.5. The van der Waals surface area contributed by atoms with Gasteiger partial charge in [-0.15, -0.1) is 0 Å². The highest BCUT2D eigenvalue weighted by Crippen LogP contribution is 2.15. The second-order valence-electron chi connectivity index (χ2n) is 5.09. The van der Waals surface area contributed by atoms with Crippen molar-refractivity contribution in [3.63, 3.8) is 0 Å². The molecule has 2 rings (SSSR count). The molecule has 2 atom stereocenters. The van der Waals surface area contributed by atoms with E-state index >= 15 is 0 Å². The first-order chi connectivity index (χ1) is 10.5. The van der Waals surface area contributed by atoms with Crippen LogP contribution in [0.3, 0.4) is 0 Å². The molecule has 0 spiro atoms. The van der Waals surface area contributed by atoms with Crippen LogP contribution in [0.5, 0.6) is 0 Å². The van der Waals surface area contributed by atoms with Crippen LogP contribution in [0.15, 0.2) is 23.8 Å². The van der Waals surface area contributed by atoms with Gasteiger partial charge in [0, 0.05) is 11.1 Å². The summed E-state index contributed by atoms with van der Waals surface area (Å²) in [6.07, 6.45) is 4.15. The number of hydrogen-bond acceptors (Lipinski definition) is 5. The van der Waals surface area contributed by atoms with Gasteiger partial charge in [-0.2, -0.15) is 0 Å². The molecule has 2 fully saturated rings.